The molecule has 0 aliphatic rings. The highest BCUT2D eigenvalue weighted by Gasteiger charge is 2.17. The quantitative estimate of drug-likeness (QED) is 0.633. The van der Waals surface area contributed by atoms with E-state index in [4.69, 9.17) is 0 Å². The van der Waals surface area contributed by atoms with E-state index in [0.29, 0.717) is 0 Å². The SMILES string of the molecule is COC(=O)c1nsc(C(=O)OC)n1. The summed E-state index contributed by atoms with van der Waals surface area (Å²) in [6, 6.07) is 0. The Labute approximate surface area is 77.7 Å². The van der Waals surface area contributed by atoms with Crippen molar-refractivity contribution >= 4 is 23.5 Å². The van der Waals surface area contributed by atoms with Crippen LogP contribution in [0.4, 0.5) is 0 Å². The molecule has 0 aliphatic carbocycles. The Morgan fingerprint density at radius 1 is 1.23 bits per heavy atom. The molecule has 1 aromatic heterocycles. The average Bonchev–Trinajstić information content (AvgIpc) is 2.64. The minimum atomic E-state index is -0.675. The lowest BCUT2D eigenvalue weighted by Gasteiger charge is -1.90. The molecule has 0 aromatic carbocycles. The van der Waals surface area contributed by atoms with Gasteiger partial charge in [-0.3, -0.25) is 0 Å². The van der Waals surface area contributed by atoms with Gasteiger partial charge in [0.1, 0.15) is 0 Å². The molecule has 0 saturated carbocycles. The van der Waals surface area contributed by atoms with Gasteiger partial charge in [-0.2, -0.15) is 4.37 Å². The van der Waals surface area contributed by atoms with Crippen molar-refractivity contribution in [1.29, 1.82) is 0 Å². The molecule has 0 atom stereocenters. The van der Waals surface area contributed by atoms with Gasteiger partial charge >= 0.3 is 11.9 Å². The Kier molecular flexibility index (Phi) is 2.91. The number of esters is 2. The maximum atomic E-state index is 10.9. The standard InChI is InChI=1S/C6H6N2O4S/c1-11-5(9)3-7-4(13-8-3)6(10)12-2/h1-2H3. The van der Waals surface area contributed by atoms with Gasteiger partial charge in [-0.25, -0.2) is 14.6 Å². The van der Waals surface area contributed by atoms with E-state index in [1.807, 2.05) is 0 Å². The molecule has 0 amide bonds. The van der Waals surface area contributed by atoms with Crippen molar-refractivity contribution in [2.45, 2.75) is 0 Å². The minimum Gasteiger partial charge on any atom is -0.464 e. The first kappa shape index (κ1) is 9.59. The molecule has 0 spiro atoms. The summed E-state index contributed by atoms with van der Waals surface area (Å²) < 4.78 is 12.3. The van der Waals surface area contributed by atoms with E-state index in [-0.39, 0.29) is 10.8 Å². The molecule has 7 heteroatoms. The van der Waals surface area contributed by atoms with Crippen molar-refractivity contribution in [3.63, 3.8) is 0 Å². The zero-order valence-corrected chi connectivity index (χ0v) is 7.75. The van der Waals surface area contributed by atoms with Gasteiger partial charge in [0.2, 0.25) is 5.01 Å². The van der Waals surface area contributed by atoms with Crippen LogP contribution in [0.5, 0.6) is 0 Å². The molecule has 0 bridgehead atoms. The van der Waals surface area contributed by atoms with Gasteiger partial charge in [-0.1, -0.05) is 0 Å². The smallest absolute Gasteiger partial charge is 0.377 e. The lowest BCUT2D eigenvalue weighted by molar-refractivity contribution is 0.0586. The average molecular weight is 202 g/mol. The van der Waals surface area contributed by atoms with Crippen molar-refractivity contribution in [1.82, 2.24) is 9.36 Å². The molecule has 0 aliphatic heterocycles. The Balaban J connectivity index is 2.86. The van der Waals surface area contributed by atoms with Crippen molar-refractivity contribution in [2.24, 2.45) is 0 Å². The highest BCUT2D eigenvalue weighted by Crippen LogP contribution is 2.06. The van der Waals surface area contributed by atoms with Crippen LogP contribution in [0.1, 0.15) is 20.4 Å². The Bertz CT molecular complexity index is 305. The highest BCUT2D eigenvalue weighted by atomic mass is 32.1. The summed E-state index contributed by atoms with van der Waals surface area (Å²) in [5, 5.41) is 0.0305. The van der Waals surface area contributed by atoms with Gasteiger partial charge in [0.05, 0.1) is 14.2 Å². The molecular formula is C6H6N2O4S. The van der Waals surface area contributed by atoms with E-state index >= 15 is 0 Å². The second kappa shape index (κ2) is 3.94. The molecule has 0 N–H and O–H groups in total. The maximum absolute atomic E-state index is 10.9. The fourth-order valence-electron chi connectivity index (χ4n) is 0.568. The second-order valence-corrected chi connectivity index (χ2v) is 2.66. The summed E-state index contributed by atoms with van der Waals surface area (Å²) in [6.07, 6.45) is 0. The monoisotopic (exact) mass is 202 g/mol. The first-order valence-electron chi connectivity index (χ1n) is 3.19. The lowest BCUT2D eigenvalue weighted by Crippen LogP contribution is -2.05. The zero-order valence-electron chi connectivity index (χ0n) is 6.94. The van der Waals surface area contributed by atoms with Crippen LogP contribution in [0.15, 0.2) is 0 Å². The maximum Gasteiger partial charge on any atom is 0.377 e. The predicted molar refractivity (Wildman–Crippen MR) is 42.6 cm³/mol. The van der Waals surface area contributed by atoms with Crippen molar-refractivity contribution in [2.75, 3.05) is 14.2 Å². The molecule has 0 fully saturated rings. The van der Waals surface area contributed by atoms with Crippen molar-refractivity contribution in [3.05, 3.63) is 10.8 Å². The Morgan fingerprint density at radius 3 is 2.38 bits per heavy atom. The van der Waals surface area contributed by atoms with Crippen LogP contribution in [-0.4, -0.2) is 35.5 Å². The van der Waals surface area contributed by atoms with Crippen LogP contribution < -0.4 is 0 Å². The molecule has 13 heavy (non-hydrogen) atoms. The molecular weight excluding hydrogens is 196 g/mol. The van der Waals surface area contributed by atoms with E-state index in [2.05, 4.69) is 18.8 Å². The molecule has 70 valence electrons. The number of carbonyl (C=O) groups excluding carboxylic acids is 2. The Morgan fingerprint density at radius 2 is 1.85 bits per heavy atom. The summed E-state index contributed by atoms with van der Waals surface area (Å²) in [7, 11) is 2.43. The second-order valence-electron chi connectivity index (χ2n) is 1.91. The fraction of sp³-hybridized carbons (Fsp3) is 0.333. The van der Waals surface area contributed by atoms with Gasteiger partial charge < -0.3 is 9.47 Å². The van der Waals surface area contributed by atoms with Crippen LogP contribution in [-0.2, 0) is 9.47 Å². The number of carbonyl (C=O) groups is 2. The van der Waals surface area contributed by atoms with E-state index in [1.54, 1.807) is 0 Å². The lowest BCUT2D eigenvalue weighted by atomic mass is 10.6. The van der Waals surface area contributed by atoms with Gasteiger partial charge in [0, 0.05) is 0 Å². The van der Waals surface area contributed by atoms with Gasteiger partial charge in [0.15, 0.2) is 0 Å². The highest BCUT2D eigenvalue weighted by molar-refractivity contribution is 7.07. The summed E-state index contributed by atoms with van der Waals surface area (Å²) in [5.74, 6) is -1.42. The number of ether oxygens (including phenoxy) is 2. The van der Waals surface area contributed by atoms with Gasteiger partial charge in [-0.15, -0.1) is 0 Å². The van der Waals surface area contributed by atoms with Crippen LogP contribution in [0.25, 0.3) is 0 Å². The molecule has 1 aromatic rings. The first-order chi connectivity index (χ1) is 6.19. The molecule has 0 unspecified atom stereocenters. The summed E-state index contributed by atoms with van der Waals surface area (Å²) in [4.78, 5) is 25.3. The van der Waals surface area contributed by atoms with E-state index in [1.165, 1.54) is 14.2 Å². The first-order valence-corrected chi connectivity index (χ1v) is 3.96. The molecule has 1 rings (SSSR count). The number of aromatic nitrogens is 2. The zero-order chi connectivity index (χ0) is 9.84. The van der Waals surface area contributed by atoms with Crippen LogP contribution in [0, 0.1) is 0 Å². The number of hydrogen-bond donors (Lipinski definition) is 0. The summed E-state index contributed by atoms with van der Waals surface area (Å²) in [6.45, 7) is 0. The normalized spacial score (nSPS) is 9.38. The van der Waals surface area contributed by atoms with Gasteiger partial charge in [-0.05, 0) is 11.5 Å². The number of hydrogen-bond acceptors (Lipinski definition) is 7. The van der Waals surface area contributed by atoms with Crippen LogP contribution in [0.3, 0.4) is 0 Å². The van der Waals surface area contributed by atoms with Crippen LogP contribution >= 0.6 is 11.5 Å². The minimum absolute atomic E-state index is 0.0305. The third-order valence-corrected chi connectivity index (χ3v) is 1.85. The number of nitrogens with zero attached hydrogens (tertiary/aromatic N) is 2. The largest absolute Gasteiger partial charge is 0.464 e. The third kappa shape index (κ3) is 2.00. The molecule has 0 radical (unpaired) electrons. The van der Waals surface area contributed by atoms with Crippen LogP contribution in [0.2, 0.25) is 0 Å². The third-order valence-electron chi connectivity index (χ3n) is 1.15. The fourth-order valence-corrected chi connectivity index (χ4v) is 1.14. The van der Waals surface area contributed by atoms with Crippen molar-refractivity contribution < 1.29 is 19.1 Å². The van der Waals surface area contributed by atoms with E-state index in [0.717, 1.165) is 11.5 Å². The van der Waals surface area contributed by atoms with Crippen molar-refractivity contribution in [3.8, 4) is 0 Å². The Hall–Kier alpha value is -1.50. The molecule has 0 saturated heterocycles. The molecule has 6 nitrogen and oxygen atoms in total. The summed E-state index contributed by atoms with van der Waals surface area (Å²) in [5.41, 5.74) is 0. The van der Waals surface area contributed by atoms with E-state index < -0.39 is 11.9 Å². The topological polar surface area (TPSA) is 78.4 Å². The van der Waals surface area contributed by atoms with Gasteiger partial charge in [0.25, 0.3) is 5.82 Å². The van der Waals surface area contributed by atoms with E-state index in [9.17, 15) is 9.59 Å². The number of rotatable bonds is 2. The number of methoxy groups -OCH3 is 2. The predicted octanol–water partition coefficient (Wildman–Crippen LogP) is 0.111. The summed E-state index contributed by atoms with van der Waals surface area (Å²) >= 11 is 0.789. The molecule has 1 heterocycles.